The van der Waals surface area contributed by atoms with Gasteiger partial charge in [-0.2, -0.15) is 0 Å². The molecule has 4 N–H and O–H groups in total. The molecule has 0 radical (unpaired) electrons. The Balaban J connectivity index is 0.947. The predicted octanol–water partition coefficient (Wildman–Crippen LogP) is 10.5. The Labute approximate surface area is 323 Å². The Kier molecular flexibility index (Phi) is 9.35. The van der Waals surface area contributed by atoms with Gasteiger partial charge in [-0.25, -0.2) is 0 Å². The molecule has 10 rings (SSSR count). The van der Waals surface area contributed by atoms with Crippen molar-refractivity contribution in [2.24, 2.45) is 0 Å². The van der Waals surface area contributed by atoms with Gasteiger partial charge < -0.3 is 25.3 Å². The first kappa shape index (κ1) is 34.2. The molecule has 0 aliphatic carbocycles. The van der Waals surface area contributed by atoms with Crippen molar-refractivity contribution in [2.45, 2.75) is 64.2 Å². The van der Waals surface area contributed by atoms with E-state index < -0.39 is 0 Å². The SMILES string of the molecule is c1ccc2c(CCCc3cccc4[nH]c5c(c34)CCNCC5)c(Oc3ccc4ccccc4c3CCCc3cccc4[nH]c5c(c34)CCNCC5)ccc2c1. The van der Waals surface area contributed by atoms with E-state index in [2.05, 4.69) is 130 Å². The van der Waals surface area contributed by atoms with Gasteiger partial charge in [0.25, 0.3) is 0 Å². The molecule has 0 unspecified atom stereocenters. The fraction of sp³-hybridized carbons (Fsp3) is 0.280. The van der Waals surface area contributed by atoms with E-state index in [4.69, 9.17) is 4.74 Å². The topological polar surface area (TPSA) is 64.9 Å². The van der Waals surface area contributed by atoms with Gasteiger partial charge in [0.05, 0.1) is 0 Å². The number of ether oxygens (including phenoxy) is 1. The molecule has 4 heterocycles. The van der Waals surface area contributed by atoms with Crippen LogP contribution in [0.3, 0.4) is 0 Å². The number of aromatic amines is 2. The maximum Gasteiger partial charge on any atom is 0.131 e. The number of aryl methyl sites for hydroxylation is 4. The smallest absolute Gasteiger partial charge is 0.131 e. The second-order valence-corrected chi connectivity index (χ2v) is 15.7. The van der Waals surface area contributed by atoms with Crippen molar-refractivity contribution in [1.82, 2.24) is 20.6 Å². The zero-order chi connectivity index (χ0) is 36.6. The molecular formula is C50H50N4O. The third-order valence-electron chi connectivity index (χ3n) is 12.4. The van der Waals surface area contributed by atoms with E-state index in [-0.39, 0.29) is 0 Å². The third-order valence-corrected chi connectivity index (χ3v) is 12.4. The van der Waals surface area contributed by atoms with Crippen molar-refractivity contribution in [3.05, 3.63) is 154 Å². The van der Waals surface area contributed by atoms with Crippen LogP contribution in [0.4, 0.5) is 0 Å². The van der Waals surface area contributed by atoms with Crippen molar-refractivity contribution in [3.63, 3.8) is 0 Å². The zero-order valence-electron chi connectivity index (χ0n) is 31.7. The summed E-state index contributed by atoms with van der Waals surface area (Å²) in [7, 11) is 0. The molecule has 0 atom stereocenters. The monoisotopic (exact) mass is 722 g/mol. The van der Waals surface area contributed by atoms with Crippen LogP contribution in [0.5, 0.6) is 11.5 Å². The van der Waals surface area contributed by atoms with E-state index in [1.807, 2.05) is 0 Å². The molecule has 0 saturated carbocycles. The van der Waals surface area contributed by atoms with E-state index in [9.17, 15) is 0 Å². The molecule has 55 heavy (non-hydrogen) atoms. The molecule has 2 aromatic heterocycles. The van der Waals surface area contributed by atoms with Crippen LogP contribution < -0.4 is 15.4 Å². The highest BCUT2D eigenvalue weighted by molar-refractivity contribution is 5.91. The molecule has 0 fully saturated rings. The summed E-state index contributed by atoms with van der Waals surface area (Å²) < 4.78 is 7.13. The minimum Gasteiger partial charge on any atom is -0.457 e. The lowest BCUT2D eigenvalue weighted by atomic mass is 9.94. The number of fused-ring (bicyclic) bond motifs is 8. The molecule has 2 aliphatic heterocycles. The fourth-order valence-electron chi connectivity index (χ4n) is 9.77. The van der Waals surface area contributed by atoms with Crippen LogP contribution in [0.2, 0.25) is 0 Å². The molecule has 5 nitrogen and oxygen atoms in total. The standard InChI is InChI=1S/C50H50N4O/c1-3-15-37-33(9-1)21-23-47(39(37)17-5-11-35-13-7-19-45-49(35)41-25-29-51-31-27-43(41)53-45)55-48-24-22-34-10-2-4-16-38(34)40(48)18-6-12-36-14-8-20-46-50(36)42-26-30-52-32-28-44(42)54-46/h1-4,7-10,13-16,19-24,51-54H,5-6,11-12,17-18,25-32H2. The number of benzene rings is 6. The van der Waals surface area contributed by atoms with Gasteiger partial charge in [0.2, 0.25) is 0 Å². The highest BCUT2D eigenvalue weighted by Crippen LogP contribution is 2.38. The second-order valence-electron chi connectivity index (χ2n) is 15.7. The summed E-state index contributed by atoms with van der Waals surface area (Å²) in [4.78, 5) is 7.53. The normalized spacial score (nSPS) is 14.6. The van der Waals surface area contributed by atoms with Crippen LogP contribution in [0.25, 0.3) is 43.4 Å². The van der Waals surface area contributed by atoms with Gasteiger partial charge in [-0.1, -0.05) is 84.9 Å². The van der Waals surface area contributed by atoms with Gasteiger partial charge in [-0.05, 0) is 133 Å². The number of aromatic nitrogens is 2. The number of nitrogens with one attached hydrogen (secondary N) is 4. The minimum atomic E-state index is 0.949. The van der Waals surface area contributed by atoms with Gasteiger partial charge in [-0.15, -0.1) is 0 Å². The van der Waals surface area contributed by atoms with Crippen LogP contribution in [0.1, 0.15) is 57.6 Å². The summed E-state index contributed by atoms with van der Waals surface area (Å²) in [6.45, 7) is 4.18. The Bertz CT molecular complexity index is 2480. The first-order valence-electron chi connectivity index (χ1n) is 20.6. The molecule has 5 heteroatoms. The van der Waals surface area contributed by atoms with Gasteiger partial charge in [0.15, 0.2) is 0 Å². The van der Waals surface area contributed by atoms with Crippen molar-refractivity contribution >= 4 is 43.4 Å². The molecule has 0 amide bonds. The summed E-state index contributed by atoms with van der Waals surface area (Å²) in [6.07, 6.45) is 10.4. The van der Waals surface area contributed by atoms with Gasteiger partial charge in [0, 0.05) is 70.3 Å². The van der Waals surface area contributed by atoms with Crippen LogP contribution in [-0.2, 0) is 51.4 Å². The molecule has 6 aromatic carbocycles. The Hall–Kier alpha value is -5.36. The van der Waals surface area contributed by atoms with Crippen molar-refractivity contribution in [1.29, 1.82) is 0 Å². The number of H-pyrrole nitrogens is 2. The molecule has 0 spiro atoms. The minimum absolute atomic E-state index is 0.949. The lowest BCUT2D eigenvalue weighted by Crippen LogP contribution is -2.16. The van der Waals surface area contributed by atoms with E-state index in [0.717, 1.165) is 102 Å². The number of hydrogen-bond acceptors (Lipinski definition) is 3. The van der Waals surface area contributed by atoms with E-state index in [1.54, 1.807) is 0 Å². The number of rotatable bonds is 10. The lowest BCUT2D eigenvalue weighted by molar-refractivity contribution is 0.470. The Morgan fingerprint density at radius 2 is 0.909 bits per heavy atom. The van der Waals surface area contributed by atoms with E-state index >= 15 is 0 Å². The predicted molar refractivity (Wildman–Crippen MR) is 229 cm³/mol. The molecule has 0 saturated heterocycles. The maximum absolute atomic E-state index is 7.13. The third kappa shape index (κ3) is 6.60. The summed E-state index contributed by atoms with van der Waals surface area (Å²) in [5.74, 6) is 1.95. The van der Waals surface area contributed by atoms with E-state index in [0.29, 0.717) is 0 Å². The maximum atomic E-state index is 7.13. The number of hydrogen-bond donors (Lipinski definition) is 4. The summed E-state index contributed by atoms with van der Waals surface area (Å²) >= 11 is 0. The molecule has 276 valence electrons. The largest absolute Gasteiger partial charge is 0.457 e. The highest BCUT2D eigenvalue weighted by atomic mass is 16.5. The first-order chi connectivity index (χ1) is 27.3. The Morgan fingerprint density at radius 1 is 0.436 bits per heavy atom. The quantitative estimate of drug-likeness (QED) is 0.114. The first-order valence-corrected chi connectivity index (χ1v) is 20.6. The van der Waals surface area contributed by atoms with Crippen LogP contribution >= 0.6 is 0 Å². The molecule has 2 aliphatic rings. The molecule has 0 bridgehead atoms. The second kappa shape index (κ2) is 15.1. The highest BCUT2D eigenvalue weighted by Gasteiger charge is 2.20. The van der Waals surface area contributed by atoms with E-state index in [1.165, 1.54) is 88.1 Å². The zero-order valence-corrected chi connectivity index (χ0v) is 31.7. The van der Waals surface area contributed by atoms with Gasteiger partial charge in [0.1, 0.15) is 11.5 Å². The molecule has 8 aromatic rings. The lowest BCUT2D eigenvalue weighted by Gasteiger charge is -2.18. The summed E-state index contributed by atoms with van der Waals surface area (Å²) in [5, 5.41) is 15.2. The average molecular weight is 723 g/mol. The summed E-state index contributed by atoms with van der Waals surface area (Å²) in [6, 6.07) is 40.2. The summed E-state index contributed by atoms with van der Waals surface area (Å²) in [5.41, 5.74) is 14.0. The van der Waals surface area contributed by atoms with Crippen molar-refractivity contribution < 1.29 is 4.74 Å². The van der Waals surface area contributed by atoms with Gasteiger partial charge in [-0.3, -0.25) is 0 Å². The Morgan fingerprint density at radius 3 is 1.42 bits per heavy atom. The van der Waals surface area contributed by atoms with Crippen LogP contribution in [-0.4, -0.2) is 36.1 Å². The van der Waals surface area contributed by atoms with Crippen molar-refractivity contribution in [3.8, 4) is 11.5 Å². The van der Waals surface area contributed by atoms with Gasteiger partial charge >= 0.3 is 0 Å². The fourth-order valence-corrected chi connectivity index (χ4v) is 9.77. The average Bonchev–Trinajstić information content (AvgIpc) is 3.54. The van der Waals surface area contributed by atoms with Crippen LogP contribution in [0.15, 0.2) is 109 Å². The van der Waals surface area contributed by atoms with Crippen LogP contribution in [0, 0.1) is 0 Å². The molecular weight excluding hydrogens is 673 g/mol. The van der Waals surface area contributed by atoms with Crippen molar-refractivity contribution in [2.75, 3.05) is 26.2 Å².